The largest absolute Gasteiger partial charge is 0.455 e. The van der Waals surface area contributed by atoms with Crippen LogP contribution in [0.2, 0.25) is 0 Å². The number of hydrogen-bond donors (Lipinski definition) is 1. The summed E-state index contributed by atoms with van der Waals surface area (Å²) in [5.74, 6) is 0.600. The first-order chi connectivity index (χ1) is 17.3. The fourth-order valence-electron chi connectivity index (χ4n) is 3.50. The molecule has 0 saturated heterocycles. The van der Waals surface area contributed by atoms with Crippen LogP contribution in [0.5, 0.6) is 11.5 Å². The summed E-state index contributed by atoms with van der Waals surface area (Å²) in [6.07, 6.45) is 0. The van der Waals surface area contributed by atoms with E-state index in [0.717, 1.165) is 15.6 Å². The van der Waals surface area contributed by atoms with Gasteiger partial charge in [-0.2, -0.15) is 4.31 Å². The number of benzene rings is 4. The normalized spacial score (nSPS) is 11.3. The molecule has 0 radical (unpaired) electrons. The standard InChI is InChI=1S/C28H25BrN2O4S/c1-21-11-17-25(18-12-21)36(33,34)31(19-22-13-15-23(29)16-14-22)20-28(32)30-26-9-5-6-10-27(26)35-24-7-3-2-4-8-24/h2-18H,19-20H2,1H3,(H,30,32). The quantitative estimate of drug-likeness (QED) is 0.256. The van der Waals surface area contributed by atoms with Crippen molar-refractivity contribution in [1.29, 1.82) is 0 Å². The van der Waals surface area contributed by atoms with Crippen LogP contribution in [-0.2, 0) is 21.4 Å². The molecule has 0 fully saturated rings. The van der Waals surface area contributed by atoms with Crippen LogP contribution in [0, 0.1) is 6.92 Å². The highest BCUT2D eigenvalue weighted by atomic mass is 79.9. The molecule has 0 aliphatic rings. The molecule has 8 heteroatoms. The predicted octanol–water partition coefficient (Wildman–Crippen LogP) is 6.38. The Balaban J connectivity index is 1.57. The molecule has 0 spiro atoms. The van der Waals surface area contributed by atoms with Gasteiger partial charge in [0.15, 0.2) is 5.75 Å². The van der Waals surface area contributed by atoms with Crippen LogP contribution in [0.15, 0.2) is 112 Å². The number of aryl methyl sites for hydroxylation is 1. The van der Waals surface area contributed by atoms with Gasteiger partial charge in [0.2, 0.25) is 15.9 Å². The van der Waals surface area contributed by atoms with E-state index in [1.807, 2.05) is 61.5 Å². The third-order valence-electron chi connectivity index (χ3n) is 5.38. The Hall–Kier alpha value is -3.46. The molecule has 4 aromatic carbocycles. The van der Waals surface area contributed by atoms with Gasteiger partial charge in [-0.05, 0) is 61.0 Å². The molecule has 4 aromatic rings. The van der Waals surface area contributed by atoms with Crippen molar-refractivity contribution >= 4 is 37.5 Å². The van der Waals surface area contributed by atoms with Gasteiger partial charge in [-0.25, -0.2) is 8.42 Å². The van der Waals surface area contributed by atoms with Gasteiger partial charge in [-0.1, -0.05) is 76.1 Å². The summed E-state index contributed by atoms with van der Waals surface area (Å²) in [5, 5.41) is 2.81. The second-order valence-electron chi connectivity index (χ2n) is 8.17. The zero-order valence-electron chi connectivity index (χ0n) is 19.6. The molecule has 4 rings (SSSR count). The second kappa shape index (κ2) is 11.5. The molecule has 0 aliphatic carbocycles. The van der Waals surface area contributed by atoms with Crippen LogP contribution in [-0.4, -0.2) is 25.2 Å². The van der Waals surface area contributed by atoms with Crippen molar-refractivity contribution in [3.63, 3.8) is 0 Å². The Morgan fingerprint density at radius 1 is 0.861 bits per heavy atom. The number of ether oxygens (including phenoxy) is 1. The lowest BCUT2D eigenvalue weighted by atomic mass is 10.2. The fraction of sp³-hybridized carbons (Fsp3) is 0.107. The molecule has 0 aliphatic heterocycles. The zero-order valence-corrected chi connectivity index (χ0v) is 22.0. The number of hydrogen-bond acceptors (Lipinski definition) is 4. The summed E-state index contributed by atoms with van der Waals surface area (Å²) in [6, 6.07) is 30.1. The Labute approximate surface area is 219 Å². The van der Waals surface area contributed by atoms with E-state index >= 15 is 0 Å². The monoisotopic (exact) mass is 564 g/mol. The molecule has 6 nitrogen and oxygen atoms in total. The highest BCUT2D eigenvalue weighted by Gasteiger charge is 2.27. The Morgan fingerprint density at radius 3 is 2.19 bits per heavy atom. The topological polar surface area (TPSA) is 75.7 Å². The maximum atomic E-state index is 13.5. The second-order valence-corrected chi connectivity index (χ2v) is 11.0. The highest BCUT2D eigenvalue weighted by molar-refractivity contribution is 9.10. The minimum Gasteiger partial charge on any atom is -0.455 e. The molecule has 0 saturated carbocycles. The van der Waals surface area contributed by atoms with Crippen LogP contribution in [0.25, 0.3) is 0 Å². The van der Waals surface area contributed by atoms with Gasteiger partial charge in [0.1, 0.15) is 5.75 Å². The lowest BCUT2D eigenvalue weighted by Gasteiger charge is -2.22. The molecule has 184 valence electrons. The van der Waals surface area contributed by atoms with Gasteiger partial charge in [-0.15, -0.1) is 0 Å². The lowest BCUT2D eigenvalue weighted by Crippen LogP contribution is -2.37. The third-order valence-corrected chi connectivity index (χ3v) is 7.72. The molecule has 1 amide bonds. The summed E-state index contributed by atoms with van der Waals surface area (Å²) in [7, 11) is -3.94. The fourth-order valence-corrected chi connectivity index (χ4v) is 5.15. The van der Waals surface area contributed by atoms with Crippen LogP contribution < -0.4 is 10.1 Å². The SMILES string of the molecule is Cc1ccc(S(=O)(=O)N(CC(=O)Nc2ccccc2Oc2ccccc2)Cc2ccc(Br)cc2)cc1. The number of sulfonamides is 1. The number of para-hydroxylation sites is 3. The number of carbonyl (C=O) groups excluding carboxylic acids is 1. The van der Waals surface area contributed by atoms with Crippen molar-refractivity contribution in [2.45, 2.75) is 18.4 Å². The molecule has 0 heterocycles. The predicted molar refractivity (Wildman–Crippen MR) is 145 cm³/mol. The molecule has 0 bridgehead atoms. The number of nitrogens with zero attached hydrogens (tertiary/aromatic N) is 1. The Bertz CT molecular complexity index is 1420. The molecular weight excluding hydrogens is 540 g/mol. The van der Waals surface area contributed by atoms with E-state index in [-0.39, 0.29) is 18.0 Å². The van der Waals surface area contributed by atoms with Crippen LogP contribution >= 0.6 is 15.9 Å². The summed E-state index contributed by atoms with van der Waals surface area (Å²) in [4.78, 5) is 13.3. The van der Waals surface area contributed by atoms with Gasteiger partial charge in [0, 0.05) is 11.0 Å². The van der Waals surface area contributed by atoms with E-state index in [1.54, 1.807) is 48.5 Å². The first kappa shape index (κ1) is 25.6. The number of nitrogens with one attached hydrogen (secondary N) is 1. The summed E-state index contributed by atoms with van der Waals surface area (Å²) in [5.41, 5.74) is 2.15. The molecule has 0 atom stereocenters. The van der Waals surface area contributed by atoms with Gasteiger partial charge in [0.25, 0.3) is 0 Å². The number of anilines is 1. The van der Waals surface area contributed by atoms with E-state index in [4.69, 9.17) is 4.74 Å². The maximum Gasteiger partial charge on any atom is 0.243 e. The van der Waals surface area contributed by atoms with Crippen molar-refractivity contribution in [3.05, 3.63) is 119 Å². The first-order valence-corrected chi connectivity index (χ1v) is 13.5. The highest BCUT2D eigenvalue weighted by Crippen LogP contribution is 2.29. The Kier molecular flexibility index (Phi) is 8.20. The van der Waals surface area contributed by atoms with Gasteiger partial charge < -0.3 is 10.1 Å². The molecule has 1 N–H and O–H groups in total. The van der Waals surface area contributed by atoms with Crippen molar-refractivity contribution in [3.8, 4) is 11.5 Å². The van der Waals surface area contributed by atoms with Crippen LogP contribution in [0.1, 0.15) is 11.1 Å². The molecular formula is C28H25BrN2O4S. The minimum atomic E-state index is -3.94. The number of rotatable bonds is 9. The first-order valence-electron chi connectivity index (χ1n) is 11.2. The lowest BCUT2D eigenvalue weighted by molar-refractivity contribution is -0.116. The van der Waals surface area contributed by atoms with E-state index < -0.39 is 15.9 Å². The maximum absolute atomic E-state index is 13.5. The number of halogens is 1. The van der Waals surface area contributed by atoms with Crippen molar-refractivity contribution in [2.24, 2.45) is 0 Å². The average molecular weight is 565 g/mol. The number of amides is 1. The molecule has 0 unspecified atom stereocenters. The smallest absolute Gasteiger partial charge is 0.243 e. The van der Waals surface area contributed by atoms with E-state index in [2.05, 4.69) is 21.2 Å². The minimum absolute atomic E-state index is 0.0407. The average Bonchev–Trinajstić information content (AvgIpc) is 2.87. The van der Waals surface area contributed by atoms with E-state index in [9.17, 15) is 13.2 Å². The van der Waals surface area contributed by atoms with Crippen LogP contribution in [0.4, 0.5) is 5.69 Å². The van der Waals surface area contributed by atoms with Crippen LogP contribution in [0.3, 0.4) is 0 Å². The third kappa shape index (κ3) is 6.60. The van der Waals surface area contributed by atoms with Gasteiger partial charge in [0.05, 0.1) is 17.1 Å². The van der Waals surface area contributed by atoms with E-state index in [0.29, 0.717) is 17.2 Å². The summed E-state index contributed by atoms with van der Waals surface area (Å²) < 4.78 is 35.0. The zero-order chi connectivity index (χ0) is 25.5. The van der Waals surface area contributed by atoms with Crippen molar-refractivity contribution in [2.75, 3.05) is 11.9 Å². The van der Waals surface area contributed by atoms with Crippen molar-refractivity contribution in [1.82, 2.24) is 4.31 Å². The van der Waals surface area contributed by atoms with Gasteiger partial charge in [-0.3, -0.25) is 4.79 Å². The van der Waals surface area contributed by atoms with E-state index in [1.165, 1.54) is 4.31 Å². The summed E-state index contributed by atoms with van der Waals surface area (Å²) in [6.45, 7) is 1.56. The molecule has 0 aromatic heterocycles. The molecule has 36 heavy (non-hydrogen) atoms. The Morgan fingerprint density at radius 2 is 1.50 bits per heavy atom. The van der Waals surface area contributed by atoms with Gasteiger partial charge >= 0.3 is 0 Å². The number of carbonyl (C=O) groups is 1. The van der Waals surface area contributed by atoms with Crippen molar-refractivity contribution < 1.29 is 17.9 Å². The summed E-state index contributed by atoms with van der Waals surface area (Å²) >= 11 is 3.39.